The molecule has 0 amide bonds. The molecule has 1 unspecified atom stereocenters. The number of halogens is 2. The molecule has 0 aliphatic heterocycles. The van der Waals surface area contributed by atoms with Gasteiger partial charge in [-0.25, -0.2) is 4.39 Å². The molecule has 1 heterocycles. The summed E-state index contributed by atoms with van der Waals surface area (Å²) < 4.78 is 16.1. The van der Waals surface area contributed by atoms with Gasteiger partial charge in [-0.2, -0.15) is 0 Å². The van der Waals surface area contributed by atoms with E-state index in [-0.39, 0.29) is 11.7 Å². The summed E-state index contributed by atoms with van der Waals surface area (Å²) >= 11 is 6.01. The van der Waals surface area contributed by atoms with Crippen molar-refractivity contribution in [3.05, 3.63) is 70.1 Å². The van der Waals surface area contributed by atoms with Gasteiger partial charge in [0.25, 0.3) is 0 Å². The molecule has 5 heteroatoms. The highest BCUT2D eigenvalue weighted by Gasteiger charge is 2.35. The van der Waals surface area contributed by atoms with Crippen LogP contribution in [-0.4, -0.2) is 15.6 Å². The molecule has 148 valence electrons. The Bertz CT molecular complexity index is 1020. The lowest BCUT2D eigenvalue weighted by Gasteiger charge is -2.28. The minimum atomic E-state index is -0.862. The maximum absolute atomic E-state index is 13.9. The van der Waals surface area contributed by atoms with E-state index in [0.29, 0.717) is 18.0 Å². The Kier molecular flexibility index (Phi) is 5.53. The van der Waals surface area contributed by atoms with Crippen LogP contribution in [0, 0.1) is 24.1 Å². The monoisotopic (exact) mass is 401 g/mol. The number of hydrogen-bond donors (Lipinski definition) is 1. The van der Waals surface area contributed by atoms with Crippen LogP contribution in [0.15, 0.2) is 42.5 Å². The first-order chi connectivity index (χ1) is 13.1. The molecule has 0 aliphatic carbocycles. The van der Waals surface area contributed by atoms with Crippen LogP contribution in [-0.2, 0) is 17.8 Å². The Morgan fingerprint density at radius 2 is 1.86 bits per heavy atom. The smallest absolute Gasteiger partial charge is 0.309 e. The molecule has 3 nitrogen and oxygen atoms in total. The number of carboxylic acid groups (broad SMARTS) is 1. The average molecular weight is 402 g/mol. The molecule has 3 aromatic rings. The second-order valence-electron chi connectivity index (χ2n) is 8.08. The van der Waals surface area contributed by atoms with Crippen LogP contribution >= 0.6 is 11.6 Å². The van der Waals surface area contributed by atoms with Gasteiger partial charge in [0.1, 0.15) is 5.82 Å². The second kappa shape index (κ2) is 7.59. The van der Waals surface area contributed by atoms with E-state index in [2.05, 4.69) is 4.57 Å². The molecule has 2 aromatic carbocycles. The maximum Gasteiger partial charge on any atom is 0.309 e. The minimum Gasteiger partial charge on any atom is -0.481 e. The van der Waals surface area contributed by atoms with Crippen LogP contribution in [0.2, 0.25) is 5.02 Å². The number of aliphatic carboxylic acids is 1. The van der Waals surface area contributed by atoms with Gasteiger partial charge in [0.05, 0.1) is 5.41 Å². The largest absolute Gasteiger partial charge is 0.481 e. The highest BCUT2D eigenvalue weighted by Crippen LogP contribution is 2.34. The normalized spacial score (nSPS) is 13.1. The van der Waals surface area contributed by atoms with Crippen molar-refractivity contribution in [1.82, 2.24) is 4.57 Å². The molecule has 1 N–H and O–H groups in total. The third-order valence-electron chi connectivity index (χ3n) is 5.95. The third kappa shape index (κ3) is 3.79. The van der Waals surface area contributed by atoms with E-state index < -0.39 is 11.4 Å². The van der Waals surface area contributed by atoms with Crippen molar-refractivity contribution in [2.45, 2.75) is 40.7 Å². The van der Waals surface area contributed by atoms with E-state index in [9.17, 15) is 14.3 Å². The fourth-order valence-electron chi connectivity index (χ4n) is 3.52. The summed E-state index contributed by atoms with van der Waals surface area (Å²) in [6, 6.07) is 12.5. The van der Waals surface area contributed by atoms with Gasteiger partial charge >= 0.3 is 5.97 Å². The molecule has 0 radical (unpaired) electrons. The summed E-state index contributed by atoms with van der Waals surface area (Å²) in [6.45, 7) is 8.06. The molecular weight excluding hydrogens is 377 g/mol. The number of rotatable bonds is 6. The number of aryl methyl sites for hydroxylation is 1. The molecule has 0 bridgehead atoms. The van der Waals surface area contributed by atoms with Crippen molar-refractivity contribution < 1.29 is 14.3 Å². The Hall–Kier alpha value is -2.33. The number of aromatic nitrogens is 1. The lowest BCUT2D eigenvalue weighted by atomic mass is 9.77. The van der Waals surface area contributed by atoms with Gasteiger partial charge in [0, 0.05) is 28.2 Å². The molecule has 0 saturated heterocycles. The molecule has 0 aliphatic rings. The molecule has 0 spiro atoms. The lowest BCUT2D eigenvalue weighted by Crippen LogP contribution is -2.33. The third-order valence-corrected chi connectivity index (χ3v) is 6.20. The van der Waals surface area contributed by atoms with Gasteiger partial charge in [-0.3, -0.25) is 4.79 Å². The van der Waals surface area contributed by atoms with Crippen molar-refractivity contribution in [2.24, 2.45) is 11.3 Å². The van der Waals surface area contributed by atoms with Crippen LogP contribution in [0.5, 0.6) is 0 Å². The number of nitrogens with zero attached hydrogens (tertiary/aromatic N) is 1. The van der Waals surface area contributed by atoms with Crippen LogP contribution in [0.4, 0.5) is 4.39 Å². The second-order valence-corrected chi connectivity index (χ2v) is 8.51. The van der Waals surface area contributed by atoms with Gasteiger partial charge in [0.15, 0.2) is 0 Å². The minimum absolute atomic E-state index is 0.0955. The first kappa shape index (κ1) is 20.4. The summed E-state index contributed by atoms with van der Waals surface area (Å²) in [5.74, 6) is -1.18. The fourth-order valence-corrected chi connectivity index (χ4v) is 3.65. The van der Waals surface area contributed by atoms with E-state index in [1.165, 1.54) is 6.07 Å². The van der Waals surface area contributed by atoms with E-state index in [1.807, 2.05) is 38.1 Å². The summed E-state index contributed by atoms with van der Waals surface area (Å²) in [4.78, 5) is 11.7. The standard InChI is InChI=1S/C23H25ClFNO2/c1-14(23(3,4)22(27)28)11-21-15(2)19-12-18(25)9-10-20(19)26(21)13-16-5-7-17(24)8-6-16/h5-10,12,14H,11,13H2,1-4H3,(H,27,28). The van der Waals surface area contributed by atoms with Crippen LogP contribution in [0.3, 0.4) is 0 Å². The van der Waals surface area contributed by atoms with E-state index in [1.54, 1.807) is 26.0 Å². The van der Waals surface area contributed by atoms with Crippen LogP contribution in [0.25, 0.3) is 10.9 Å². The quantitative estimate of drug-likeness (QED) is 0.543. The molecule has 0 saturated carbocycles. The van der Waals surface area contributed by atoms with Gasteiger partial charge in [-0.1, -0.05) is 30.7 Å². The van der Waals surface area contributed by atoms with Gasteiger partial charge in [-0.15, -0.1) is 0 Å². The average Bonchev–Trinajstić information content (AvgIpc) is 2.88. The SMILES string of the molecule is Cc1c(CC(C)C(C)(C)C(=O)O)n(Cc2ccc(Cl)cc2)c2ccc(F)cc12. The van der Waals surface area contributed by atoms with Crippen molar-refractivity contribution in [1.29, 1.82) is 0 Å². The van der Waals surface area contributed by atoms with Crippen molar-refractivity contribution in [2.75, 3.05) is 0 Å². The number of hydrogen-bond acceptors (Lipinski definition) is 1. The fraction of sp³-hybridized carbons (Fsp3) is 0.348. The summed E-state index contributed by atoms with van der Waals surface area (Å²) in [7, 11) is 0. The Morgan fingerprint density at radius 1 is 1.21 bits per heavy atom. The predicted molar refractivity (Wildman–Crippen MR) is 111 cm³/mol. The lowest BCUT2D eigenvalue weighted by molar-refractivity contribution is -0.149. The van der Waals surface area contributed by atoms with E-state index in [4.69, 9.17) is 11.6 Å². The van der Waals surface area contributed by atoms with Gasteiger partial charge in [0.2, 0.25) is 0 Å². The Morgan fingerprint density at radius 3 is 2.46 bits per heavy atom. The zero-order chi connectivity index (χ0) is 20.6. The van der Waals surface area contributed by atoms with Crippen LogP contribution in [0.1, 0.15) is 37.6 Å². The van der Waals surface area contributed by atoms with E-state index >= 15 is 0 Å². The molecule has 1 aromatic heterocycles. The molecule has 1 atom stereocenters. The maximum atomic E-state index is 13.9. The Balaban J connectivity index is 2.10. The van der Waals surface area contributed by atoms with Crippen LogP contribution < -0.4 is 0 Å². The number of carboxylic acids is 1. The predicted octanol–water partition coefficient (Wildman–Crippen LogP) is 6.08. The first-order valence-corrected chi connectivity index (χ1v) is 9.74. The molecule has 28 heavy (non-hydrogen) atoms. The number of carbonyl (C=O) groups is 1. The summed E-state index contributed by atoms with van der Waals surface area (Å²) in [5.41, 5.74) is 3.20. The van der Waals surface area contributed by atoms with Crippen molar-refractivity contribution in [3.8, 4) is 0 Å². The molecule has 0 fully saturated rings. The highest BCUT2D eigenvalue weighted by atomic mass is 35.5. The molecule has 3 rings (SSSR count). The number of benzene rings is 2. The van der Waals surface area contributed by atoms with Gasteiger partial charge < -0.3 is 9.67 Å². The van der Waals surface area contributed by atoms with E-state index in [0.717, 1.165) is 27.7 Å². The zero-order valence-electron chi connectivity index (χ0n) is 16.6. The summed E-state index contributed by atoms with van der Waals surface area (Å²) in [6.07, 6.45) is 0.592. The summed E-state index contributed by atoms with van der Waals surface area (Å²) in [5, 5.41) is 11.1. The molecular formula is C23H25ClFNO2. The zero-order valence-corrected chi connectivity index (χ0v) is 17.3. The van der Waals surface area contributed by atoms with Crippen molar-refractivity contribution in [3.63, 3.8) is 0 Å². The van der Waals surface area contributed by atoms with Crippen molar-refractivity contribution >= 4 is 28.5 Å². The highest BCUT2D eigenvalue weighted by molar-refractivity contribution is 6.30. The topological polar surface area (TPSA) is 42.2 Å². The van der Waals surface area contributed by atoms with Gasteiger partial charge in [-0.05, 0) is 74.6 Å². The number of fused-ring (bicyclic) bond motifs is 1. The Labute approximate surface area is 169 Å². The first-order valence-electron chi connectivity index (χ1n) is 9.36.